The number of ether oxygens (including phenoxy) is 1. The highest BCUT2D eigenvalue weighted by Crippen LogP contribution is 2.33. The van der Waals surface area contributed by atoms with Gasteiger partial charge < -0.3 is 20.3 Å². The lowest BCUT2D eigenvalue weighted by Gasteiger charge is -2.16. The van der Waals surface area contributed by atoms with E-state index in [0.717, 1.165) is 11.4 Å². The number of para-hydroxylation sites is 1. The van der Waals surface area contributed by atoms with E-state index in [2.05, 4.69) is 15.3 Å². The van der Waals surface area contributed by atoms with Gasteiger partial charge in [-0.05, 0) is 18.2 Å². The monoisotopic (exact) mass is 360 g/mol. The van der Waals surface area contributed by atoms with E-state index in [-0.39, 0.29) is 5.88 Å². The number of anilines is 2. The first kappa shape index (κ1) is 16.3. The van der Waals surface area contributed by atoms with Crippen LogP contribution in [0.4, 0.5) is 11.4 Å². The summed E-state index contributed by atoms with van der Waals surface area (Å²) in [5, 5.41) is 23.6. The van der Waals surface area contributed by atoms with Gasteiger partial charge in [0.05, 0.1) is 17.9 Å². The van der Waals surface area contributed by atoms with Crippen molar-refractivity contribution in [2.75, 3.05) is 11.2 Å². The van der Waals surface area contributed by atoms with Crippen molar-refractivity contribution in [2.45, 2.75) is 24.5 Å². The Balaban J connectivity index is 1.70. The van der Waals surface area contributed by atoms with E-state index in [9.17, 15) is 10.2 Å². The van der Waals surface area contributed by atoms with E-state index < -0.39 is 24.5 Å². The van der Waals surface area contributed by atoms with Crippen LogP contribution in [-0.2, 0) is 4.74 Å². The molecule has 8 heteroatoms. The quantitative estimate of drug-likeness (QED) is 0.616. The maximum Gasteiger partial charge on any atom is 0.165 e. The zero-order valence-corrected chi connectivity index (χ0v) is 13.9. The lowest BCUT2D eigenvalue weighted by molar-refractivity contribution is -0.0291. The van der Waals surface area contributed by atoms with Crippen LogP contribution in [0.1, 0.15) is 6.23 Å². The number of fused-ring (bicyclic) bond motifs is 1. The number of rotatable bonds is 4. The van der Waals surface area contributed by atoms with Gasteiger partial charge in [0.1, 0.15) is 23.8 Å². The minimum Gasteiger partial charge on any atom is -0.387 e. The van der Waals surface area contributed by atoms with Crippen molar-refractivity contribution in [3.63, 3.8) is 0 Å². The van der Waals surface area contributed by atoms with Gasteiger partial charge in [0.25, 0.3) is 0 Å². The Morgan fingerprint density at radius 2 is 1.92 bits per heavy atom. The second kappa shape index (κ2) is 6.61. The van der Waals surface area contributed by atoms with E-state index in [1.807, 2.05) is 36.4 Å². The van der Waals surface area contributed by atoms with Crippen molar-refractivity contribution in [1.29, 1.82) is 0 Å². The van der Waals surface area contributed by atoms with Gasteiger partial charge in [0, 0.05) is 11.9 Å². The SMILES string of the molecule is O[C@@H]1[C@H](O)[C@@H](CCl)O[C@H]1n1cnc2c(Nc3ccccc3)ccnc21. The minimum absolute atomic E-state index is 0.0929. The zero-order valence-electron chi connectivity index (χ0n) is 13.2. The number of hydrogen-bond acceptors (Lipinski definition) is 6. The van der Waals surface area contributed by atoms with Crippen LogP contribution in [0, 0.1) is 0 Å². The fourth-order valence-corrected chi connectivity index (χ4v) is 3.24. The van der Waals surface area contributed by atoms with Gasteiger partial charge in [-0.3, -0.25) is 4.57 Å². The van der Waals surface area contributed by atoms with Gasteiger partial charge in [-0.25, -0.2) is 9.97 Å². The molecule has 0 saturated carbocycles. The first-order valence-corrected chi connectivity index (χ1v) is 8.43. The average molecular weight is 361 g/mol. The van der Waals surface area contributed by atoms with Crippen LogP contribution in [0.2, 0.25) is 0 Å². The predicted octanol–water partition coefficient (Wildman–Crippen LogP) is 2.03. The molecule has 1 aliphatic heterocycles. The maximum atomic E-state index is 10.3. The van der Waals surface area contributed by atoms with Gasteiger partial charge >= 0.3 is 0 Å². The molecule has 1 fully saturated rings. The Morgan fingerprint density at radius 1 is 1.12 bits per heavy atom. The fraction of sp³-hybridized carbons (Fsp3) is 0.294. The number of nitrogens with one attached hydrogen (secondary N) is 1. The molecule has 0 bridgehead atoms. The maximum absolute atomic E-state index is 10.3. The van der Waals surface area contributed by atoms with Crippen LogP contribution >= 0.6 is 11.6 Å². The summed E-state index contributed by atoms with van der Waals surface area (Å²) in [5.41, 5.74) is 2.91. The number of aromatic nitrogens is 3. The summed E-state index contributed by atoms with van der Waals surface area (Å²) in [5.74, 6) is 0.0929. The molecule has 4 atom stereocenters. The van der Waals surface area contributed by atoms with E-state index in [4.69, 9.17) is 16.3 Å². The van der Waals surface area contributed by atoms with Crippen molar-refractivity contribution < 1.29 is 14.9 Å². The molecule has 3 aromatic rings. The van der Waals surface area contributed by atoms with Crippen LogP contribution in [0.25, 0.3) is 11.2 Å². The summed E-state index contributed by atoms with van der Waals surface area (Å²) >= 11 is 5.78. The highest BCUT2D eigenvalue weighted by atomic mass is 35.5. The van der Waals surface area contributed by atoms with Gasteiger partial charge in [0.2, 0.25) is 0 Å². The van der Waals surface area contributed by atoms with E-state index in [0.29, 0.717) is 11.2 Å². The molecule has 0 aliphatic carbocycles. The molecule has 3 heterocycles. The number of hydrogen-bond donors (Lipinski definition) is 3. The summed E-state index contributed by atoms with van der Waals surface area (Å²) in [6, 6.07) is 11.6. The third-order valence-electron chi connectivity index (χ3n) is 4.28. The first-order chi connectivity index (χ1) is 12.2. The molecule has 7 nitrogen and oxygen atoms in total. The Hall–Kier alpha value is -2.19. The number of halogens is 1. The Kier molecular flexibility index (Phi) is 4.30. The fourth-order valence-electron chi connectivity index (χ4n) is 2.98. The topological polar surface area (TPSA) is 92.4 Å². The summed E-state index contributed by atoms with van der Waals surface area (Å²) in [6.07, 6.45) is -0.375. The molecule has 1 aromatic carbocycles. The standard InChI is InChI=1S/C17H17ClN4O3/c18-8-12-14(23)15(24)17(25-12)22-9-20-13-11(6-7-19-16(13)22)21-10-4-2-1-3-5-10/h1-7,9,12,14-15,17,23-24H,8H2,(H,19,21)/t12-,14-,15-,17-/m1/s1. The normalized spacial score (nSPS) is 26.2. The van der Waals surface area contributed by atoms with Gasteiger partial charge in [-0.15, -0.1) is 11.6 Å². The van der Waals surface area contributed by atoms with Crippen LogP contribution in [0.15, 0.2) is 48.9 Å². The number of benzene rings is 1. The van der Waals surface area contributed by atoms with Crippen LogP contribution in [0.5, 0.6) is 0 Å². The predicted molar refractivity (Wildman–Crippen MR) is 93.9 cm³/mol. The lowest BCUT2D eigenvalue weighted by Crippen LogP contribution is -2.32. The van der Waals surface area contributed by atoms with Crippen LogP contribution < -0.4 is 5.32 Å². The van der Waals surface area contributed by atoms with Crippen molar-refractivity contribution in [3.8, 4) is 0 Å². The molecular formula is C17H17ClN4O3. The number of aliphatic hydroxyl groups excluding tert-OH is 2. The molecule has 4 rings (SSSR count). The van der Waals surface area contributed by atoms with Gasteiger partial charge in [-0.1, -0.05) is 18.2 Å². The second-order valence-electron chi connectivity index (χ2n) is 5.87. The Labute approximate surface area is 148 Å². The van der Waals surface area contributed by atoms with Crippen molar-refractivity contribution in [2.24, 2.45) is 0 Å². The summed E-state index contributed by atoms with van der Waals surface area (Å²) in [7, 11) is 0. The van der Waals surface area contributed by atoms with E-state index in [1.54, 1.807) is 17.1 Å². The molecule has 0 amide bonds. The third-order valence-corrected chi connectivity index (χ3v) is 4.58. The van der Waals surface area contributed by atoms with Crippen LogP contribution in [0.3, 0.4) is 0 Å². The second-order valence-corrected chi connectivity index (χ2v) is 6.18. The molecule has 1 saturated heterocycles. The largest absolute Gasteiger partial charge is 0.387 e. The molecule has 25 heavy (non-hydrogen) atoms. The molecule has 0 spiro atoms. The summed E-state index contributed by atoms with van der Waals surface area (Å²) < 4.78 is 7.29. The number of aliphatic hydroxyl groups is 2. The Bertz CT molecular complexity index is 873. The van der Waals surface area contributed by atoms with Gasteiger partial charge in [-0.2, -0.15) is 0 Å². The zero-order chi connectivity index (χ0) is 17.4. The molecule has 0 radical (unpaired) electrons. The van der Waals surface area contributed by atoms with Crippen molar-refractivity contribution in [1.82, 2.24) is 14.5 Å². The molecule has 1 aliphatic rings. The number of nitrogens with zero attached hydrogens (tertiary/aromatic N) is 3. The Morgan fingerprint density at radius 3 is 2.64 bits per heavy atom. The number of imidazole rings is 1. The van der Waals surface area contributed by atoms with E-state index in [1.165, 1.54) is 0 Å². The smallest absolute Gasteiger partial charge is 0.165 e. The lowest BCUT2D eigenvalue weighted by atomic mass is 10.1. The molecule has 2 aromatic heterocycles. The van der Waals surface area contributed by atoms with Crippen molar-refractivity contribution in [3.05, 3.63) is 48.9 Å². The highest BCUT2D eigenvalue weighted by Gasteiger charge is 2.43. The summed E-state index contributed by atoms with van der Waals surface area (Å²) in [6.45, 7) is 0. The highest BCUT2D eigenvalue weighted by molar-refractivity contribution is 6.18. The van der Waals surface area contributed by atoms with E-state index >= 15 is 0 Å². The van der Waals surface area contributed by atoms with Gasteiger partial charge in [0.15, 0.2) is 11.9 Å². The summed E-state index contributed by atoms with van der Waals surface area (Å²) in [4.78, 5) is 8.76. The average Bonchev–Trinajstić information content (AvgIpc) is 3.18. The third kappa shape index (κ3) is 2.85. The van der Waals surface area contributed by atoms with Crippen molar-refractivity contribution >= 4 is 34.1 Å². The number of alkyl halides is 1. The molecule has 130 valence electrons. The molecule has 3 N–H and O–H groups in total. The molecular weight excluding hydrogens is 344 g/mol. The molecule has 0 unspecified atom stereocenters. The van der Waals surface area contributed by atoms with Crippen LogP contribution in [-0.4, -0.2) is 48.9 Å². The number of pyridine rings is 1. The first-order valence-electron chi connectivity index (χ1n) is 7.90. The minimum atomic E-state index is -1.10.